The van der Waals surface area contributed by atoms with E-state index in [2.05, 4.69) is 27.3 Å². The molecule has 5 heteroatoms. The number of nitrogens with one attached hydrogen (secondary N) is 1. The van der Waals surface area contributed by atoms with Crippen molar-refractivity contribution in [1.82, 2.24) is 15.2 Å². The fourth-order valence-electron chi connectivity index (χ4n) is 3.59. The summed E-state index contributed by atoms with van der Waals surface area (Å²) < 4.78 is 19.6. The second-order valence-corrected chi connectivity index (χ2v) is 7.00. The normalized spacial score (nSPS) is 17.4. The van der Waals surface area contributed by atoms with Gasteiger partial charge in [0.2, 0.25) is 0 Å². The number of nitrogens with zero attached hydrogens (tertiary/aromatic N) is 2. The molecule has 1 aliphatic rings. The molecule has 0 bridgehead atoms. The minimum Gasteiger partial charge on any atom is -0.487 e. The Balaban J connectivity index is 1.45. The Bertz CT molecular complexity index is 903. The molecule has 1 unspecified atom stereocenters. The molecule has 0 radical (unpaired) electrons. The Kier molecular flexibility index (Phi) is 5.95. The Morgan fingerprint density at radius 2 is 2.00 bits per heavy atom. The van der Waals surface area contributed by atoms with Gasteiger partial charge in [-0.25, -0.2) is 4.39 Å². The van der Waals surface area contributed by atoms with Gasteiger partial charge in [-0.3, -0.25) is 9.88 Å². The zero-order valence-corrected chi connectivity index (χ0v) is 15.7. The van der Waals surface area contributed by atoms with Crippen LogP contribution in [0.25, 0.3) is 0 Å². The van der Waals surface area contributed by atoms with Gasteiger partial charge in [-0.05, 0) is 47.5 Å². The van der Waals surface area contributed by atoms with E-state index in [0.29, 0.717) is 6.61 Å². The number of halogens is 1. The molecule has 4 nitrogen and oxygen atoms in total. The zero-order valence-electron chi connectivity index (χ0n) is 15.7. The maximum absolute atomic E-state index is 13.7. The van der Waals surface area contributed by atoms with Crippen LogP contribution in [-0.4, -0.2) is 29.5 Å². The molecule has 1 atom stereocenters. The summed E-state index contributed by atoms with van der Waals surface area (Å²) in [5.74, 6) is 0.647. The molecule has 28 heavy (non-hydrogen) atoms. The van der Waals surface area contributed by atoms with Crippen LogP contribution in [0.3, 0.4) is 0 Å². The SMILES string of the molecule is Fc1cccc(C2CNCCN2Cc2cccc(OCc3ccccn3)c2)c1. The van der Waals surface area contributed by atoms with Gasteiger partial charge in [-0.1, -0.05) is 30.3 Å². The number of benzene rings is 2. The number of piperazine rings is 1. The molecular formula is C23H24FN3O. The van der Waals surface area contributed by atoms with Crippen LogP contribution in [0.15, 0.2) is 72.9 Å². The van der Waals surface area contributed by atoms with Crippen LogP contribution in [-0.2, 0) is 13.2 Å². The summed E-state index contributed by atoms with van der Waals surface area (Å²) in [6.07, 6.45) is 1.77. The topological polar surface area (TPSA) is 37.4 Å². The Labute approximate surface area is 165 Å². The smallest absolute Gasteiger partial charge is 0.130 e. The van der Waals surface area contributed by atoms with Gasteiger partial charge < -0.3 is 10.1 Å². The highest BCUT2D eigenvalue weighted by Crippen LogP contribution is 2.26. The van der Waals surface area contributed by atoms with Crippen LogP contribution in [0, 0.1) is 5.82 Å². The average molecular weight is 377 g/mol. The zero-order chi connectivity index (χ0) is 19.2. The number of hydrogen-bond acceptors (Lipinski definition) is 4. The quantitative estimate of drug-likeness (QED) is 0.706. The molecule has 3 aromatic rings. The first-order chi connectivity index (χ1) is 13.8. The number of ether oxygens (including phenoxy) is 1. The van der Waals surface area contributed by atoms with Gasteiger partial charge in [0.05, 0.1) is 5.69 Å². The molecule has 4 rings (SSSR count). The van der Waals surface area contributed by atoms with Crippen LogP contribution in [0.2, 0.25) is 0 Å². The number of aromatic nitrogens is 1. The van der Waals surface area contributed by atoms with Crippen molar-refractivity contribution in [2.45, 2.75) is 19.2 Å². The first-order valence-corrected chi connectivity index (χ1v) is 9.60. The van der Waals surface area contributed by atoms with Gasteiger partial charge >= 0.3 is 0 Å². The van der Waals surface area contributed by atoms with Gasteiger partial charge in [-0.15, -0.1) is 0 Å². The van der Waals surface area contributed by atoms with E-state index in [1.54, 1.807) is 18.3 Å². The number of rotatable bonds is 6. The van der Waals surface area contributed by atoms with Crippen LogP contribution < -0.4 is 10.1 Å². The lowest BCUT2D eigenvalue weighted by Gasteiger charge is -2.36. The highest BCUT2D eigenvalue weighted by Gasteiger charge is 2.24. The third kappa shape index (κ3) is 4.74. The molecule has 1 N–H and O–H groups in total. The monoisotopic (exact) mass is 377 g/mol. The van der Waals surface area contributed by atoms with Crippen LogP contribution >= 0.6 is 0 Å². The van der Waals surface area contributed by atoms with Crippen LogP contribution in [0.4, 0.5) is 4.39 Å². The van der Waals surface area contributed by atoms with E-state index in [1.807, 2.05) is 36.4 Å². The molecule has 1 aromatic heterocycles. The molecule has 1 saturated heterocycles. The largest absolute Gasteiger partial charge is 0.487 e. The molecule has 0 amide bonds. The standard InChI is InChI=1S/C23H24FN3O/c24-20-7-4-6-19(14-20)23-15-25-11-12-27(23)16-18-5-3-9-22(13-18)28-17-21-8-1-2-10-26-21/h1-10,13-14,23,25H,11-12,15-17H2. The van der Waals surface area contributed by atoms with Crippen LogP contribution in [0.1, 0.15) is 22.9 Å². The van der Waals surface area contributed by atoms with Crippen molar-refractivity contribution < 1.29 is 9.13 Å². The first-order valence-electron chi connectivity index (χ1n) is 9.60. The molecule has 1 fully saturated rings. The summed E-state index contributed by atoms with van der Waals surface area (Å²) >= 11 is 0. The molecule has 1 aliphatic heterocycles. The molecule has 2 aromatic carbocycles. The van der Waals surface area contributed by atoms with Gasteiger partial charge in [0.25, 0.3) is 0 Å². The average Bonchev–Trinajstić information content (AvgIpc) is 2.74. The lowest BCUT2D eigenvalue weighted by Crippen LogP contribution is -2.45. The summed E-state index contributed by atoms with van der Waals surface area (Å²) in [7, 11) is 0. The fourth-order valence-corrected chi connectivity index (χ4v) is 3.59. The minimum absolute atomic E-state index is 0.155. The molecular weight excluding hydrogens is 353 g/mol. The van der Waals surface area contributed by atoms with Crippen molar-refractivity contribution in [2.75, 3.05) is 19.6 Å². The second kappa shape index (κ2) is 8.95. The molecule has 0 saturated carbocycles. The maximum Gasteiger partial charge on any atom is 0.130 e. The summed E-state index contributed by atoms with van der Waals surface area (Å²) in [5.41, 5.74) is 3.10. The summed E-state index contributed by atoms with van der Waals surface area (Å²) in [6.45, 7) is 3.91. The Hall–Kier alpha value is -2.76. The third-order valence-electron chi connectivity index (χ3n) is 4.98. The first kappa shape index (κ1) is 18.6. The van der Waals surface area contributed by atoms with Crippen molar-refractivity contribution in [1.29, 1.82) is 0 Å². The predicted octanol–water partition coefficient (Wildman–Crippen LogP) is 3.95. The van der Waals surface area contributed by atoms with Gasteiger partial charge in [-0.2, -0.15) is 0 Å². The molecule has 0 aliphatic carbocycles. The maximum atomic E-state index is 13.7. The number of pyridine rings is 1. The molecule has 144 valence electrons. The van der Waals surface area contributed by atoms with Gasteiger partial charge in [0, 0.05) is 38.4 Å². The van der Waals surface area contributed by atoms with E-state index in [1.165, 1.54) is 11.6 Å². The van der Waals surface area contributed by atoms with Crippen LogP contribution in [0.5, 0.6) is 5.75 Å². The highest BCUT2D eigenvalue weighted by molar-refractivity contribution is 5.29. The van der Waals surface area contributed by atoms with E-state index < -0.39 is 0 Å². The van der Waals surface area contributed by atoms with E-state index in [4.69, 9.17) is 4.74 Å². The van der Waals surface area contributed by atoms with Gasteiger partial charge in [0.15, 0.2) is 0 Å². The van der Waals surface area contributed by atoms with E-state index in [0.717, 1.165) is 43.2 Å². The minimum atomic E-state index is -0.187. The van der Waals surface area contributed by atoms with Crippen molar-refractivity contribution in [3.05, 3.63) is 95.6 Å². The summed E-state index contributed by atoms with van der Waals surface area (Å²) in [6, 6.07) is 21.0. The van der Waals surface area contributed by atoms with Crippen molar-refractivity contribution in [3.8, 4) is 5.75 Å². The number of hydrogen-bond donors (Lipinski definition) is 1. The second-order valence-electron chi connectivity index (χ2n) is 7.00. The predicted molar refractivity (Wildman–Crippen MR) is 107 cm³/mol. The molecule has 2 heterocycles. The van der Waals surface area contributed by atoms with Crippen molar-refractivity contribution in [2.24, 2.45) is 0 Å². The lowest BCUT2D eigenvalue weighted by atomic mass is 10.0. The van der Waals surface area contributed by atoms with E-state index in [9.17, 15) is 4.39 Å². The van der Waals surface area contributed by atoms with E-state index >= 15 is 0 Å². The summed E-state index contributed by atoms with van der Waals surface area (Å²) in [5, 5.41) is 3.42. The third-order valence-corrected chi connectivity index (χ3v) is 4.98. The fraction of sp³-hybridized carbons (Fsp3) is 0.261. The van der Waals surface area contributed by atoms with E-state index in [-0.39, 0.29) is 11.9 Å². The van der Waals surface area contributed by atoms with Crippen molar-refractivity contribution in [3.63, 3.8) is 0 Å². The molecule has 0 spiro atoms. The van der Waals surface area contributed by atoms with Gasteiger partial charge in [0.1, 0.15) is 18.2 Å². The lowest BCUT2D eigenvalue weighted by molar-refractivity contribution is 0.153. The Morgan fingerprint density at radius 3 is 2.86 bits per heavy atom. The highest BCUT2D eigenvalue weighted by atomic mass is 19.1. The van der Waals surface area contributed by atoms with Crippen molar-refractivity contribution >= 4 is 0 Å². The summed E-state index contributed by atoms with van der Waals surface area (Å²) in [4.78, 5) is 6.68. The Morgan fingerprint density at radius 1 is 1.07 bits per heavy atom.